The monoisotopic (exact) mass is 206 g/mol. The molecule has 74 valence electrons. The van der Waals surface area contributed by atoms with Crippen LogP contribution in [0.4, 0.5) is 0 Å². The number of hydrogen-bond acceptors (Lipinski definition) is 1. The van der Waals surface area contributed by atoms with E-state index in [4.69, 9.17) is 18.0 Å². The number of rotatable bonds is 2. The van der Waals surface area contributed by atoms with E-state index in [9.17, 15) is 0 Å². The Labute approximate surface area is 89.5 Å². The van der Waals surface area contributed by atoms with Crippen molar-refractivity contribution in [3.8, 4) is 0 Å². The van der Waals surface area contributed by atoms with Crippen LogP contribution in [0, 0.1) is 5.92 Å². The highest BCUT2D eigenvalue weighted by Crippen LogP contribution is 2.25. The molecule has 3 N–H and O–H groups in total. The second-order valence-corrected chi connectivity index (χ2v) is 4.23. The lowest BCUT2D eigenvalue weighted by molar-refractivity contribution is 0.548. The maximum Gasteiger partial charge on any atom is 0.163 e. The topological polar surface area (TPSA) is 38.0 Å². The van der Waals surface area contributed by atoms with Crippen LogP contribution in [0.2, 0.25) is 0 Å². The molecule has 0 atom stereocenters. The van der Waals surface area contributed by atoms with Gasteiger partial charge in [-0.05, 0) is 42.1 Å². The van der Waals surface area contributed by atoms with Crippen LogP contribution in [-0.4, -0.2) is 11.7 Å². The molecule has 1 aromatic rings. The van der Waals surface area contributed by atoms with Crippen molar-refractivity contribution >= 4 is 17.3 Å². The first kappa shape index (κ1) is 9.46. The Kier molecular flexibility index (Phi) is 2.68. The number of benzene rings is 1. The summed E-state index contributed by atoms with van der Waals surface area (Å²) in [7, 11) is 0. The highest BCUT2D eigenvalue weighted by molar-refractivity contribution is 7.80. The molecule has 2 nitrogen and oxygen atoms in total. The Morgan fingerprint density at radius 3 is 2.43 bits per heavy atom. The minimum atomic E-state index is 0.404. The van der Waals surface area contributed by atoms with Crippen LogP contribution in [0.1, 0.15) is 11.1 Å². The Balaban J connectivity index is 1.95. The Hall–Kier alpha value is -1.09. The van der Waals surface area contributed by atoms with E-state index < -0.39 is 0 Å². The molecular formula is C11H14N2S. The summed E-state index contributed by atoms with van der Waals surface area (Å²) in [6, 6.07) is 8.61. The Bertz CT molecular complexity index is 324. The van der Waals surface area contributed by atoms with Gasteiger partial charge < -0.3 is 11.1 Å². The van der Waals surface area contributed by atoms with Crippen LogP contribution in [0.15, 0.2) is 24.3 Å². The van der Waals surface area contributed by atoms with Gasteiger partial charge in [-0.1, -0.05) is 24.3 Å². The standard InChI is InChI=1S/C11H14N2S/c12-11(14)13-7-8-5-9-3-1-2-4-10(9)6-8/h1-4,8H,5-7H2,(H3,12,13,14). The molecule has 0 saturated carbocycles. The first-order valence-electron chi connectivity index (χ1n) is 4.86. The summed E-state index contributed by atoms with van der Waals surface area (Å²) in [5.74, 6) is 0.647. The largest absolute Gasteiger partial charge is 0.376 e. The second-order valence-electron chi connectivity index (χ2n) is 3.79. The first-order valence-corrected chi connectivity index (χ1v) is 5.26. The number of fused-ring (bicyclic) bond motifs is 1. The van der Waals surface area contributed by atoms with Crippen molar-refractivity contribution in [2.75, 3.05) is 6.54 Å². The van der Waals surface area contributed by atoms with Gasteiger partial charge in [0.05, 0.1) is 0 Å². The summed E-state index contributed by atoms with van der Waals surface area (Å²) in [6.45, 7) is 0.893. The Morgan fingerprint density at radius 1 is 1.36 bits per heavy atom. The fourth-order valence-electron chi connectivity index (χ4n) is 2.04. The lowest BCUT2D eigenvalue weighted by Crippen LogP contribution is -2.33. The lowest BCUT2D eigenvalue weighted by atomic mass is 10.1. The zero-order valence-electron chi connectivity index (χ0n) is 7.99. The maximum atomic E-state index is 5.40. The van der Waals surface area contributed by atoms with E-state index in [1.165, 1.54) is 11.1 Å². The number of thiocarbonyl (C=S) groups is 1. The molecule has 2 rings (SSSR count). The molecule has 0 spiro atoms. The zero-order valence-corrected chi connectivity index (χ0v) is 8.81. The molecule has 0 aliphatic heterocycles. The number of nitrogens with two attached hydrogens (primary N) is 1. The van der Waals surface area contributed by atoms with Gasteiger partial charge in [-0.25, -0.2) is 0 Å². The van der Waals surface area contributed by atoms with Gasteiger partial charge in [0.2, 0.25) is 0 Å². The van der Waals surface area contributed by atoms with Gasteiger partial charge in [-0.2, -0.15) is 0 Å². The minimum Gasteiger partial charge on any atom is -0.376 e. The van der Waals surface area contributed by atoms with Gasteiger partial charge in [0.25, 0.3) is 0 Å². The molecule has 1 aromatic carbocycles. The lowest BCUT2D eigenvalue weighted by Gasteiger charge is -2.09. The summed E-state index contributed by atoms with van der Waals surface area (Å²) < 4.78 is 0. The zero-order chi connectivity index (χ0) is 9.97. The molecule has 0 amide bonds. The van der Waals surface area contributed by atoms with Crippen molar-refractivity contribution in [3.05, 3.63) is 35.4 Å². The third-order valence-electron chi connectivity index (χ3n) is 2.70. The molecule has 14 heavy (non-hydrogen) atoms. The van der Waals surface area contributed by atoms with Crippen molar-refractivity contribution in [2.24, 2.45) is 11.7 Å². The van der Waals surface area contributed by atoms with Gasteiger partial charge in [-0.15, -0.1) is 0 Å². The van der Waals surface area contributed by atoms with Crippen LogP contribution >= 0.6 is 12.2 Å². The summed E-state index contributed by atoms with van der Waals surface area (Å²) in [5, 5.41) is 3.44. The fraction of sp³-hybridized carbons (Fsp3) is 0.364. The van der Waals surface area contributed by atoms with Crippen molar-refractivity contribution in [1.29, 1.82) is 0 Å². The molecule has 0 bridgehead atoms. The highest BCUT2D eigenvalue weighted by atomic mass is 32.1. The predicted octanol–water partition coefficient (Wildman–Crippen LogP) is 1.23. The summed E-state index contributed by atoms with van der Waals surface area (Å²) in [4.78, 5) is 0. The number of nitrogens with one attached hydrogen (secondary N) is 1. The fourth-order valence-corrected chi connectivity index (χ4v) is 2.12. The van der Waals surface area contributed by atoms with Gasteiger partial charge in [0.15, 0.2) is 5.11 Å². The molecule has 0 unspecified atom stereocenters. The Morgan fingerprint density at radius 2 is 1.93 bits per heavy atom. The number of hydrogen-bond donors (Lipinski definition) is 2. The molecule has 1 aliphatic carbocycles. The van der Waals surface area contributed by atoms with E-state index in [2.05, 4.69) is 29.6 Å². The molecule has 0 radical (unpaired) electrons. The third-order valence-corrected chi connectivity index (χ3v) is 2.84. The van der Waals surface area contributed by atoms with E-state index in [-0.39, 0.29) is 0 Å². The van der Waals surface area contributed by atoms with E-state index >= 15 is 0 Å². The molecule has 1 aliphatic rings. The SMILES string of the molecule is NC(=S)NCC1Cc2ccccc2C1. The van der Waals surface area contributed by atoms with Gasteiger partial charge in [0, 0.05) is 6.54 Å². The van der Waals surface area contributed by atoms with Crippen LogP contribution in [0.5, 0.6) is 0 Å². The second kappa shape index (κ2) is 3.96. The molecular weight excluding hydrogens is 192 g/mol. The summed E-state index contributed by atoms with van der Waals surface area (Å²) in [5.41, 5.74) is 8.34. The highest BCUT2D eigenvalue weighted by Gasteiger charge is 2.20. The van der Waals surface area contributed by atoms with Crippen molar-refractivity contribution < 1.29 is 0 Å². The molecule has 0 saturated heterocycles. The third kappa shape index (κ3) is 2.04. The van der Waals surface area contributed by atoms with Crippen LogP contribution < -0.4 is 11.1 Å². The first-order chi connectivity index (χ1) is 6.75. The predicted molar refractivity (Wildman–Crippen MR) is 62.1 cm³/mol. The van der Waals surface area contributed by atoms with Crippen LogP contribution in [0.3, 0.4) is 0 Å². The van der Waals surface area contributed by atoms with Crippen molar-refractivity contribution in [3.63, 3.8) is 0 Å². The van der Waals surface area contributed by atoms with Gasteiger partial charge in [-0.3, -0.25) is 0 Å². The molecule has 3 heteroatoms. The molecule has 0 aromatic heterocycles. The van der Waals surface area contributed by atoms with E-state index in [1.807, 2.05) is 0 Å². The molecule has 0 heterocycles. The quantitative estimate of drug-likeness (QED) is 0.715. The average molecular weight is 206 g/mol. The molecule has 0 fully saturated rings. The van der Waals surface area contributed by atoms with Crippen LogP contribution in [-0.2, 0) is 12.8 Å². The van der Waals surface area contributed by atoms with Gasteiger partial charge in [0.1, 0.15) is 0 Å². The van der Waals surface area contributed by atoms with Crippen molar-refractivity contribution in [2.45, 2.75) is 12.8 Å². The smallest absolute Gasteiger partial charge is 0.163 e. The minimum absolute atomic E-state index is 0.404. The normalized spacial score (nSPS) is 15.1. The van der Waals surface area contributed by atoms with Crippen LogP contribution in [0.25, 0.3) is 0 Å². The van der Waals surface area contributed by atoms with E-state index in [1.54, 1.807) is 0 Å². The van der Waals surface area contributed by atoms with Crippen molar-refractivity contribution in [1.82, 2.24) is 5.32 Å². The summed E-state index contributed by atoms with van der Waals surface area (Å²) >= 11 is 4.78. The average Bonchev–Trinajstić information content (AvgIpc) is 2.57. The maximum absolute atomic E-state index is 5.40. The van der Waals surface area contributed by atoms with Gasteiger partial charge >= 0.3 is 0 Å². The summed E-state index contributed by atoms with van der Waals surface area (Å²) in [6.07, 6.45) is 2.29. The van der Waals surface area contributed by atoms with E-state index in [0.29, 0.717) is 11.0 Å². The van der Waals surface area contributed by atoms with E-state index in [0.717, 1.165) is 19.4 Å².